The summed E-state index contributed by atoms with van der Waals surface area (Å²) in [6.07, 6.45) is 2.18. The van der Waals surface area contributed by atoms with Crippen LogP contribution in [-0.2, 0) is 19.4 Å². The van der Waals surface area contributed by atoms with Crippen molar-refractivity contribution in [2.24, 2.45) is 5.41 Å². The van der Waals surface area contributed by atoms with Crippen LogP contribution in [0.2, 0.25) is 0 Å². The zero-order valence-corrected chi connectivity index (χ0v) is 11.5. The largest absolute Gasteiger partial charge is 0.481 e. The third-order valence-corrected chi connectivity index (χ3v) is 4.20. The Labute approximate surface area is 107 Å². The molecule has 1 amide bonds. The van der Waals surface area contributed by atoms with Crippen molar-refractivity contribution < 1.29 is 23.1 Å². The molecule has 0 spiro atoms. The zero-order chi connectivity index (χ0) is 14.0. The predicted octanol–water partition coefficient (Wildman–Crippen LogP) is 0.134. The maximum atomic E-state index is 11.8. The minimum atomic E-state index is -3.17. The number of nitrogens with zero attached hydrogens (tertiary/aromatic N) is 1. The number of hydrogen-bond acceptors (Lipinski definition) is 4. The number of sulfone groups is 1. The highest BCUT2D eigenvalue weighted by molar-refractivity contribution is 7.90. The molecule has 1 aliphatic heterocycles. The molecule has 0 aromatic carbocycles. The molecule has 1 saturated heterocycles. The molecule has 0 aliphatic carbocycles. The van der Waals surface area contributed by atoms with Gasteiger partial charge in [0, 0.05) is 25.8 Å². The summed E-state index contributed by atoms with van der Waals surface area (Å²) in [4.78, 5) is 24.4. The fourth-order valence-corrected chi connectivity index (χ4v) is 2.60. The second-order valence-electron chi connectivity index (χ2n) is 5.16. The molecule has 1 fully saturated rings. The monoisotopic (exact) mass is 277 g/mol. The average Bonchev–Trinajstić information content (AvgIpc) is 2.24. The Kier molecular flexibility index (Phi) is 4.37. The van der Waals surface area contributed by atoms with Crippen molar-refractivity contribution in [3.63, 3.8) is 0 Å². The van der Waals surface area contributed by atoms with Crippen LogP contribution in [-0.4, -0.2) is 55.4 Å². The minimum absolute atomic E-state index is 0.0749. The highest BCUT2D eigenvalue weighted by Crippen LogP contribution is 2.29. The second kappa shape index (κ2) is 5.26. The van der Waals surface area contributed by atoms with Gasteiger partial charge in [-0.1, -0.05) is 0 Å². The molecule has 104 valence electrons. The first-order valence-electron chi connectivity index (χ1n) is 5.83. The number of piperidine rings is 1. The Balaban J connectivity index is 2.62. The average molecular weight is 277 g/mol. The Morgan fingerprint density at radius 1 is 1.39 bits per heavy atom. The number of amides is 1. The van der Waals surface area contributed by atoms with Gasteiger partial charge in [-0.3, -0.25) is 9.59 Å². The molecule has 1 heterocycles. The molecular formula is C11H19NO5S. The van der Waals surface area contributed by atoms with Gasteiger partial charge >= 0.3 is 5.97 Å². The van der Waals surface area contributed by atoms with Crippen LogP contribution >= 0.6 is 0 Å². The van der Waals surface area contributed by atoms with Gasteiger partial charge in [0.2, 0.25) is 5.91 Å². The van der Waals surface area contributed by atoms with Crippen molar-refractivity contribution in [2.75, 3.05) is 25.1 Å². The van der Waals surface area contributed by atoms with Gasteiger partial charge in [-0.15, -0.1) is 0 Å². The molecule has 1 unspecified atom stereocenters. The number of carboxylic acid groups (broad SMARTS) is 1. The molecule has 0 radical (unpaired) electrons. The maximum Gasteiger partial charge on any atom is 0.311 e. The van der Waals surface area contributed by atoms with Gasteiger partial charge in [-0.2, -0.15) is 0 Å². The third-order valence-electron chi connectivity index (χ3n) is 3.25. The summed E-state index contributed by atoms with van der Waals surface area (Å²) in [6.45, 7) is 2.28. The van der Waals surface area contributed by atoms with E-state index in [0.717, 1.165) is 6.26 Å². The standard InChI is InChI=1S/C11H19NO5S/c1-11(10(14)15)5-3-6-12(8-11)9(13)4-7-18(2,16)17/h3-8H2,1-2H3,(H,14,15). The van der Waals surface area contributed by atoms with Crippen molar-refractivity contribution in [3.05, 3.63) is 0 Å². The molecule has 0 bridgehead atoms. The summed E-state index contributed by atoms with van der Waals surface area (Å²) in [5.41, 5.74) is -0.918. The number of likely N-dealkylation sites (tertiary alicyclic amines) is 1. The summed E-state index contributed by atoms with van der Waals surface area (Å²) in [5, 5.41) is 9.12. The van der Waals surface area contributed by atoms with E-state index >= 15 is 0 Å². The van der Waals surface area contributed by atoms with E-state index in [4.69, 9.17) is 5.11 Å². The van der Waals surface area contributed by atoms with Crippen LogP contribution in [0.4, 0.5) is 0 Å². The molecular weight excluding hydrogens is 258 g/mol. The smallest absolute Gasteiger partial charge is 0.311 e. The molecule has 7 heteroatoms. The highest BCUT2D eigenvalue weighted by Gasteiger charge is 2.39. The van der Waals surface area contributed by atoms with Gasteiger partial charge in [0.05, 0.1) is 11.2 Å². The van der Waals surface area contributed by atoms with E-state index in [1.54, 1.807) is 6.92 Å². The quantitative estimate of drug-likeness (QED) is 0.789. The Bertz CT molecular complexity index is 444. The lowest BCUT2D eigenvalue weighted by Gasteiger charge is -2.37. The summed E-state index contributed by atoms with van der Waals surface area (Å²) in [6, 6.07) is 0. The molecule has 0 saturated carbocycles. The molecule has 1 rings (SSSR count). The third kappa shape index (κ3) is 3.97. The predicted molar refractivity (Wildman–Crippen MR) is 65.9 cm³/mol. The molecule has 0 aromatic rings. The van der Waals surface area contributed by atoms with E-state index < -0.39 is 21.2 Å². The number of aliphatic carboxylic acids is 1. The molecule has 1 aliphatic rings. The first kappa shape index (κ1) is 14.9. The SMILES string of the molecule is CC1(C(=O)O)CCCN(C(=O)CCS(C)(=O)=O)C1. The number of carbonyl (C=O) groups is 2. The van der Waals surface area contributed by atoms with E-state index in [2.05, 4.69) is 0 Å². The Morgan fingerprint density at radius 2 is 2.00 bits per heavy atom. The van der Waals surface area contributed by atoms with Crippen molar-refractivity contribution in [1.29, 1.82) is 0 Å². The van der Waals surface area contributed by atoms with Gasteiger partial charge in [-0.05, 0) is 19.8 Å². The summed E-state index contributed by atoms with van der Waals surface area (Å²) in [5.74, 6) is -1.39. The fraction of sp³-hybridized carbons (Fsp3) is 0.818. The second-order valence-corrected chi connectivity index (χ2v) is 7.42. The van der Waals surface area contributed by atoms with Crippen molar-refractivity contribution >= 4 is 21.7 Å². The van der Waals surface area contributed by atoms with Crippen molar-refractivity contribution in [1.82, 2.24) is 4.90 Å². The lowest BCUT2D eigenvalue weighted by Crippen LogP contribution is -2.48. The lowest BCUT2D eigenvalue weighted by atomic mass is 9.82. The number of carboxylic acids is 1. The van der Waals surface area contributed by atoms with Crippen LogP contribution in [0.25, 0.3) is 0 Å². The van der Waals surface area contributed by atoms with E-state index in [0.29, 0.717) is 19.4 Å². The van der Waals surface area contributed by atoms with E-state index in [-0.39, 0.29) is 24.6 Å². The molecule has 0 aromatic heterocycles. The number of carbonyl (C=O) groups excluding carboxylic acids is 1. The van der Waals surface area contributed by atoms with Crippen LogP contribution < -0.4 is 0 Å². The van der Waals surface area contributed by atoms with Crippen LogP contribution in [0.5, 0.6) is 0 Å². The lowest BCUT2D eigenvalue weighted by molar-refractivity contribution is -0.153. The van der Waals surface area contributed by atoms with Gasteiger partial charge in [0.15, 0.2) is 0 Å². The molecule has 6 nitrogen and oxygen atoms in total. The first-order valence-corrected chi connectivity index (χ1v) is 7.89. The summed E-state index contributed by atoms with van der Waals surface area (Å²) >= 11 is 0. The van der Waals surface area contributed by atoms with Crippen molar-refractivity contribution in [2.45, 2.75) is 26.2 Å². The van der Waals surface area contributed by atoms with Gasteiger partial charge in [0.1, 0.15) is 9.84 Å². The zero-order valence-electron chi connectivity index (χ0n) is 10.7. The molecule has 18 heavy (non-hydrogen) atoms. The van der Waals surface area contributed by atoms with E-state index in [1.165, 1.54) is 4.90 Å². The van der Waals surface area contributed by atoms with Gasteiger partial charge < -0.3 is 10.0 Å². The Hall–Kier alpha value is -1.11. The summed E-state index contributed by atoms with van der Waals surface area (Å²) in [7, 11) is -3.17. The van der Waals surface area contributed by atoms with E-state index in [1.807, 2.05) is 0 Å². The Morgan fingerprint density at radius 3 is 2.50 bits per heavy atom. The highest BCUT2D eigenvalue weighted by atomic mass is 32.2. The van der Waals surface area contributed by atoms with Crippen LogP contribution in [0.1, 0.15) is 26.2 Å². The number of hydrogen-bond donors (Lipinski definition) is 1. The maximum absolute atomic E-state index is 11.8. The van der Waals surface area contributed by atoms with E-state index in [9.17, 15) is 18.0 Å². The van der Waals surface area contributed by atoms with Crippen LogP contribution in [0, 0.1) is 5.41 Å². The van der Waals surface area contributed by atoms with Crippen molar-refractivity contribution in [3.8, 4) is 0 Å². The number of rotatable bonds is 4. The normalized spacial score (nSPS) is 24.9. The summed E-state index contributed by atoms with van der Waals surface area (Å²) < 4.78 is 22.0. The topological polar surface area (TPSA) is 91.8 Å². The first-order chi connectivity index (χ1) is 8.14. The molecule has 1 N–H and O–H groups in total. The molecule has 1 atom stereocenters. The van der Waals surface area contributed by atoms with Gasteiger partial charge in [0.25, 0.3) is 0 Å². The van der Waals surface area contributed by atoms with Crippen LogP contribution in [0.15, 0.2) is 0 Å². The van der Waals surface area contributed by atoms with Crippen LogP contribution in [0.3, 0.4) is 0 Å². The van der Waals surface area contributed by atoms with Gasteiger partial charge in [-0.25, -0.2) is 8.42 Å². The minimum Gasteiger partial charge on any atom is -0.481 e. The fourth-order valence-electron chi connectivity index (χ4n) is 2.06.